The van der Waals surface area contributed by atoms with Crippen molar-refractivity contribution in [2.75, 3.05) is 7.05 Å². The van der Waals surface area contributed by atoms with Gasteiger partial charge in [0, 0.05) is 13.1 Å². The first kappa shape index (κ1) is 11.4. The summed E-state index contributed by atoms with van der Waals surface area (Å²) in [6.07, 6.45) is 6.18. The van der Waals surface area contributed by atoms with Gasteiger partial charge in [0.1, 0.15) is 0 Å². The van der Waals surface area contributed by atoms with E-state index in [9.17, 15) is 8.42 Å². The van der Waals surface area contributed by atoms with E-state index in [1.54, 1.807) is 11.4 Å². The van der Waals surface area contributed by atoms with Crippen LogP contribution in [0.25, 0.3) is 0 Å². The molecule has 0 saturated heterocycles. The van der Waals surface area contributed by atoms with Crippen LogP contribution in [0.15, 0.2) is 0 Å². The molecule has 2 aliphatic rings. The molecule has 88 valence electrons. The van der Waals surface area contributed by atoms with E-state index in [0.717, 1.165) is 31.6 Å². The highest BCUT2D eigenvalue weighted by molar-refractivity contribution is 7.90. The van der Waals surface area contributed by atoms with Gasteiger partial charge >= 0.3 is 0 Å². The summed E-state index contributed by atoms with van der Waals surface area (Å²) in [5.74, 6) is 0.776. The van der Waals surface area contributed by atoms with E-state index >= 15 is 0 Å². The average Bonchev–Trinajstić information content (AvgIpc) is 3.01. The molecule has 2 saturated carbocycles. The minimum absolute atomic E-state index is 0.0538. The second kappa shape index (κ2) is 4.06. The van der Waals surface area contributed by atoms with Crippen molar-refractivity contribution in [3.63, 3.8) is 0 Å². The summed E-state index contributed by atoms with van der Waals surface area (Å²) in [7, 11) is -1.18. The van der Waals surface area contributed by atoms with Crippen molar-refractivity contribution in [2.24, 2.45) is 5.92 Å². The summed E-state index contributed by atoms with van der Waals surface area (Å²) in [5.41, 5.74) is 0. The van der Waals surface area contributed by atoms with Crippen molar-refractivity contribution in [3.05, 3.63) is 0 Å². The number of hydrogen-bond donors (Lipinski definition) is 0. The van der Waals surface area contributed by atoms with Crippen LogP contribution in [0.4, 0.5) is 0 Å². The lowest BCUT2D eigenvalue weighted by molar-refractivity contribution is 0.246. The van der Waals surface area contributed by atoms with E-state index < -0.39 is 10.0 Å². The molecular weight excluding hydrogens is 210 g/mol. The van der Waals surface area contributed by atoms with Crippen molar-refractivity contribution in [1.82, 2.24) is 4.31 Å². The van der Waals surface area contributed by atoms with Gasteiger partial charge in [-0.1, -0.05) is 6.92 Å². The van der Waals surface area contributed by atoms with Crippen LogP contribution in [0.2, 0.25) is 0 Å². The number of nitrogens with zero attached hydrogens (tertiary/aromatic N) is 1. The maximum Gasteiger partial charge on any atom is 0.216 e. The van der Waals surface area contributed by atoms with Crippen LogP contribution in [0.5, 0.6) is 0 Å². The molecule has 0 unspecified atom stereocenters. The molecule has 0 atom stereocenters. The maximum atomic E-state index is 12.0. The number of hydrogen-bond acceptors (Lipinski definition) is 2. The Bertz CT molecular complexity index is 313. The van der Waals surface area contributed by atoms with Crippen LogP contribution in [-0.2, 0) is 10.0 Å². The van der Waals surface area contributed by atoms with Gasteiger partial charge in [-0.3, -0.25) is 0 Å². The second-order valence-electron chi connectivity index (χ2n) is 5.17. The quantitative estimate of drug-likeness (QED) is 0.745. The summed E-state index contributed by atoms with van der Waals surface area (Å²) in [5, 5.41) is -0.0538. The molecule has 0 N–H and O–H groups in total. The third kappa shape index (κ3) is 2.36. The van der Waals surface area contributed by atoms with Gasteiger partial charge in [0.05, 0.1) is 5.25 Å². The Kier molecular flexibility index (Phi) is 3.08. The van der Waals surface area contributed by atoms with Gasteiger partial charge in [0.2, 0.25) is 10.0 Å². The summed E-state index contributed by atoms with van der Waals surface area (Å²) in [4.78, 5) is 0. The standard InChI is InChI=1S/C11H21NO2S/c1-9-3-5-10(6-4-9)12(2)15(13,14)11-7-8-11/h9-11H,3-8H2,1-2H3/t9-,10-. The van der Waals surface area contributed by atoms with Crippen LogP contribution < -0.4 is 0 Å². The lowest BCUT2D eigenvalue weighted by Crippen LogP contribution is -2.40. The lowest BCUT2D eigenvalue weighted by Gasteiger charge is -2.32. The topological polar surface area (TPSA) is 37.4 Å². The minimum Gasteiger partial charge on any atom is -0.212 e. The molecule has 0 spiro atoms. The van der Waals surface area contributed by atoms with Crippen molar-refractivity contribution in [2.45, 2.75) is 56.7 Å². The zero-order valence-electron chi connectivity index (χ0n) is 9.65. The van der Waals surface area contributed by atoms with Gasteiger partial charge in [0.15, 0.2) is 0 Å². The molecule has 2 aliphatic carbocycles. The second-order valence-corrected chi connectivity index (χ2v) is 7.45. The summed E-state index contributed by atoms with van der Waals surface area (Å²) >= 11 is 0. The normalized spacial score (nSPS) is 33.3. The Morgan fingerprint density at radius 3 is 2.00 bits per heavy atom. The molecule has 0 aromatic carbocycles. The first-order valence-corrected chi connectivity index (χ1v) is 7.49. The first-order valence-electron chi connectivity index (χ1n) is 5.98. The van der Waals surface area contributed by atoms with Crippen molar-refractivity contribution in [1.29, 1.82) is 0 Å². The Hall–Kier alpha value is -0.0900. The minimum atomic E-state index is -2.95. The molecule has 2 fully saturated rings. The van der Waals surface area contributed by atoms with E-state index in [1.807, 2.05) is 0 Å². The fourth-order valence-electron chi connectivity index (χ4n) is 2.41. The zero-order chi connectivity index (χ0) is 11.1. The Morgan fingerprint density at radius 2 is 1.53 bits per heavy atom. The first-order chi connectivity index (χ1) is 7.01. The highest BCUT2D eigenvalue weighted by atomic mass is 32.2. The van der Waals surface area contributed by atoms with E-state index in [-0.39, 0.29) is 11.3 Å². The number of rotatable bonds is 3. The van der Waals surface area contributed by atoms with E-state index in [0.29, 0.717) is 0 Å². The molecule has 3 nitrogen and oxygen atoms in total. The molecule has 15 heavy (non-hydrogen) atoms. The van der Waals surface area contributed by atoms with Crippen LogP contribution in [-0.4, -0.2) is 31.1 Å². The fraction of sp³-hybridized carbons (Fsp3) is 1.00. The SMILES string of the molecule is CN([C@H]1CC[C@H](C)CC1)S(=O)(=O)C1CC1. The Morgan fingerprint density at radius 1 is 1.00 bits per heavy atom. The highest BCUT2D eigenvalue weighted by Gasteiger charge is 2.41. The number of sulfonamides is 1. The average molecular weight is 231 g/mol. The molecular formula is C11H21NO2S. The van der Waals surface area contributed by atoms with Gasteiger partial charge in [-0.05, 0) is 44.4 Å². The van der Waals surface area contributed by atoms with Crippen LogP contribution in [0.3, 0.4) is 0 Å². The van der Waals surface area contributed by atoms with Gasteiger partial charge < -0.3 is 0 Å². The molecule has 0 radical (unpaired) electrons. The van der Waals surface area contributed by atoms with Gasteiger partial charge in [-0.2, -0.15) is 0 Å². The summed E-state index contributed by atoms with van der Waals surface area (Å²) in [6.45, 7) is 2.26. The van der Waals surface area contributed by atoms with Crippen LogP contribution in [0, 0.1) is 5.92 Å². The lowest BCUT2D eigenvalue weighted by atomic mass is 9.87. The molecule has 0 aromatic rings. The highest BCUT2D eigenvalue weighted by Crippen LogP contribution is 2.34. The van der Waals surface area contributed by atoms with Crippen molar-refractivity contribution < 1.29 is 8.42 Å². The monoisotopic (exact) mass is 231 g/mol. The summed E-state index contributed by atoms with van der Waals surface area (Å²) < 4.78 is 25.7. The molecule has 4 heteroatoms. The third-order valence-electron chi connectivity index (χ3n) is 3.85. The molecule has 0 bridgehead atoms. The van der Waals surface area contributed by atoms with Crippen LogP contribution in [0.1, 0.15) is 45.4 Å². The van der Waals surface area contributed by atoms with Crippen molar-refractivity contribution >= 4 is 10.0 Å². The van der Waals surface area contributed by atoms with Crippen LogP contribution >= 0.6 is 0 Å². The molecule has 0 amide bonds. The van der Waals surface area contributed by atoms with Crippen molar-refractivity contribution in [3.8, 4) is 0 Å². The third-order valence-corrected chi connectivity index (χ3v) is 6.26. The molecule has 0 aliphatic heterocycles. The fourth-order valence-corrected chi connectivity index (χ4v) is 4.24. The zero-order valence-corrected chi connectivity index (χ0v) is 10.5. The molecule has 0 heterocycles. The maximum absolute atomic E-state index is 12.0. The van der Waals surface area contributed by atoms with E-state index in [4.69, 9.17) is 0 Å². The van der Waals surface area contributed by atoms with Gasteiger partial charge in [0.25, 0.3) is 0 Å². The molecule has 0 aromatic heterocycles. The Labute approximate surface area is 92.9 Å². The predicted octanol–water partition coefficient (Wildman–Crippen LogP) is 1.99. The van der Waals surface area contributed by atoms with Gasteiger partial charge in [-0.25, -0.2) is 12.7 Å². The van der Waals surface area contributed by atoms with Gasteiger partial charge in [-0.15, -0.1) is 0 Å². The predicted molar refractivity (Wildman–Crippen MR) is 61.1 cm³/mol. The largest absolute Gasteiger partial charge is 0.216 e. The Balaban J connectivity index is 1.98. The van der Waals surface area contributed by atoms with E-state index in [1.165, 1.54) is 12.8 Å². The smallest absolute Gasteiger partial charge is 0.212 e. The van der Waals surface area contributed by atoms with E-state index in [2.05, 4.69) is 6.92 Å². The summed E-state index contributed by atoms with van der Waals surface area (Å²) in [6, 6.07) is 0.270. The molecule has 2 rings (SSSR count).